The van der Waals surface area contributed by atoms with E-state index in [1.807, 2.05) is 0 Å². The molecule has 0 saturated carbocycles. The van der Waals surface area contributed by atoms with Gasteiger partial charge in [0.1, 0.15) is 11.5 Å². The SMILES string of the molecule is Cc1c(-c2cc(C(=O)O)c3cc(Br)ccc3n2)cnn1-c1ccccc1F. The van der Waals surface area contributed by atoms with Gasteiger partial charge in [-0.05, 0) is 43.3 Å². The van der Waals surface area contributed by atoms with Gasteiger partial charge in [0.25, 0.3) is 0 Å². The fourth-order valence-corrected chi connectivity index (χ4v) is 3.40. The number of hydrogen-bond acceptors (Lipinski definition) is 3. The lowest BCUT2D eigenvalue weighted by molar-refractivity contribution is 0.0699. The molecule has 134 valence electrons. The summed E-state index contributed by atoms with van der Waals surface area (Å²) in [5.41, 5.74) is 2.82. The number of halogens is 2. The third kappa shape index (κ3) is 3.00. The Kier molecular flexibility index (Phi) is 4.24. The number of aromatic nitrogens is 3. The molecule has 0 aliphatic rings. The molecule has 2 heterocycles. The van der Waals surface area contributed by atoms with Crippen molar-refractivity contribution in [3.05, 3.63) is 76.3 Å². The lowest BCUT2D eigenvalue weighted by Crippen LogP contribution is -2.03. The van der Waals surface area contributed by atoms with Gasteiger partial charge in [-0.3, -0.25) is 0 Å². The maximum Gasteiger partial charge on any atom is 0.336 e. The van der Waals surface area contributed by atoms with Crippen molar-refractivity contribution in [3.63, 3.8) is 0 Å². The average molecular weight is 426 g/mol. The standard InChI is InChI=1S/C20H13BrFN3O2/c1-11-15(10-23-25(11)19-5-3-2-4-16(19)22)18-9-14(20(26)27)13-8-12(21)6-7-17(13)24-18/h2-10H,1H3,(H,26,27). The maximum atomic E-state index is 14.1. The van der Waals surface area contributed by atoms with Gasteiger partial charge in [-0.15, -0.1) is 0 Å². The zero-order valence-electron chi connectivity index (χ0n) is 14.1. The molecular formula is C20H13BrFN3O2. The van der Waals surface area contributed by atoms with Crippen molar-refractivity contribution in [2.24, 2.45) is 0 Å². The lowest BCUT2D eigenvalue weighted by atomic mass is 10.0. The molecule has 4 rings (SSSR count). The van der Waals surface area contributed by atoms with Crippen molar-refractivity contribution in [3.8, 4) is 16.9 Å². The smallest absolute Gasteiger partial charge is 0.336 e. The van der Waals surface area contributed by atoms with Gasteiger partial charge in [-0.2, -0.15) is 5.10 Å². The molecular weight excluding hydrogens is 413 g/mol. The van der Waals surface area contributed by atoms with E-state index < -0.39 is 11.8 Å². The normalized spacial score (nSPS) is 11.1. The van der Waals surface area contributed by atoms with Crippen LogP contribution in [0.1, 0.15) is 16.1 Å². The molecule has 5 nitrogen and oxygen atoms in total. The third-order valence-electron chi connectivity index (χ3n) is 4.37. The van der Waals surface area contributed by atoms with Gasteiger partial charge < -0.3 is 5.11 Å². The fraction of sp³-hybridized carbons (Fsp3) is 0.0500. The van der Waals surface area contributed by atoms with Gasteiger partial charge in [0.15, 0.2) is 0 Å². The highest BCUT2D eigenvalue weighted by atomic mass is 79.9. The first-order chi connectivity index (χ1) is 13.0. The number of carboxylic acid groups (broad SMARTS) is 1. The van der Waals surface area contributed by atoms with Crippen LogP contribution in [0, 0.1) is 12.7 Å². The first-order valence-corrected chi connectivity index (χ1v) is 8.88. The molecule has 0 atom stereocenters. The highest BCUT2D eigenvalue weighted by molar-refractivity contribution is 9.10. The summed E-state index contributed by atoms with van der Waals surface area (Å²) in [6.07, 6.45) is 1.57. The van der Waals surface area contributed by atoms with Crippen LogP contribution >= 0.6 is 15.9 Å². The number of carboxylic acids is 1. The zero-order chi connectivity index (χ0) is 19.1. The summed E-state index contributed by atoms with van der Waals surface area (Å²) in [7, 11) is 0. The number of rotatable bonds is 3. The Morgan fingerprint density at radius 3 is 2.70 bits per heavy atom. The summed E-state index contributed by atoms with van der Waals surface area (Å²) in [5.74, 6) is -1.43. The molecule has 0 aliphatic heterocycles. The van der Waals surface area contributed by atoms with Gasteiger partial charge in [0.2, 0.25) is 0 Å². The van der Waals surface area contributed by atoms with Crippen LogP contribution in [0.2, 0.25) is 0 Å². The Hall–Kier alpha value is -3.06. The highest BCUT2D eigenvalue weighted by Gasteiger charge is 2.18. The molecule has 0 bridgehead atoms. The number of nitrogens with zero attached hydrogens (tertiary/aromatic N) is 3. The number of aromatic carboxylic acids is 1. The minimum atomic E-state index is -1.04. The molecule has 0 fully saturated rings. The average Bonchev–Trinajstić information content (AvgIpc) is 3.02. The minimum absolute atomic E-state index is 0.148. The Labute approximate surface area is 162 Å². The highest BCUT2D eigenvalue weighted by Crippen LogP contribution is 2.30. The van der Waals surface area contributed by atoms with Gasteiger partial charge >= 0.3 is 5.97 Å². The van der Waals surface area contributed by atoms with E-state index in [0.29, 0.717) is 33.5 Å². The second kappa shape index (κ2) is 6.59. The number of hydrogen-bond donors (Lipinski definition) is 1. The van der Waals surface area contributed by atoms with E-state index in [1.165, 1.54) is 16.8 Å². The summed E-state index contributed by atoms with van der Waals surface area (Å²) in [5, 5.41) is 14.4. The quantitative estimate of drug-likeness (QED) is 0.501. The molecule has 0 radical (unpaired) electrons. The Balaban J connectivity index is 1.92. The van der Waals surface area contributed by atoms with Crippen molar-refractivity contribution >= 4 is 32.8 Å². The second-order valence-electron chi connectivity index (χ2n) is 6.03. The third-order valence-corrected chi connectivity index (χ3v) is 4.86. The van der Waals surface area contributed by atoms with Crippen LogP contribution in [0.3, 0.4) is 0 Å². The van der Waals surface area contributed by atoms with Crippen LogP contribution in [0.25, 0.3) is 27.8 Å². The van der Waals surface area contributed by atoms with Crippen LogP contribution in [-0.4, -0.2) is 25.8 Å². The fourth-order valence-electron chi connectivity index (χ4n) is 3.04. The molecule has 0 amide bonds. The van der Waals surface area contributed by atoms with E-state index in [2.05, 4.69) is 26.0 Å². The summed E-state index contributed by atoms with van der Waals surface area (Å²) in [6.45, 7) is 1.79. The van der Waals surface area contributed by atoms with E-state index in [0.717, 1.165) is 4.47 Å². The van der Waals surface area contributed by atoms with Crippen LogP contribution in [-0.2, 0) is 0 Å². The van der Waals surface area contributed by atoms with E-state index in [-0.39, 0.29) is 5.56 Å². The number of fused-ring (bicyclic) bond motifs is 1. The van der Waals surface area contributed by atoms with Crippen molar-refractivity contribution in [1.82, 2.24) is 14.8 Å². The van der Waals surface area contributed by atoms with E-state index >= 15 is 0 Å². The number of para-hydroxylation sites is 1. The van der Waals surface area contributed by atoms with Gasteiger partial charge in [-0.25, -0.2) is 18.9 Å². The predicted octanol–water partition coefficient (Wildman–Crippen LogP) is 5.00. The monoisotopic (exact) mass is 425 g/mol. The second-order valence-corrected chi connectivity index (χ2v) is 6.94. The van der Waals surface area contributed by atoms with Crippen LogP contribution < -0.4 is 0 Å². The molecule has 4 aromatic rings. The summed E-state index contributed by atoms with van der Waals surface area (Å²) in [6, 6.07) is 13.1. The van der Waals surface area contributed by atoms with Crippen molar-refractivity contribution in [2.75, 3.05) is 0 Å². The minimum Gasteiger partial charge on any atom is -0.478 e. The summed E-state index contributed by atoms with van der Waals surface area (Å²) < 4.78 is 16.4. The van der Waals surface area contributed by atoms with Crippen molar-refractivity contribution in [2.45, 2.75) is 6.92 Å². The zero-order valence-corrected chi connectivity index (χ0v) is 15.7. The van der Waals surface area contributed by atoms with Gasteiger partial charge in [0, 0.05) is 15.4 Å². The molecule has 0 aliphatic carbocycles. The first kappa shape index (κ1) is 17.4. The molecule has 2 aromatic heterocycles. The van der Waals surface area contributed by atoms with E-state index in [4.69, 9.17) is 0 Å². The van der Waals surface area contributed by atoms with Crippen LogP contribution in [0.4, 0.5) is 4.39 Å². The van der Waals surface area contributed by atoms with Crippen molar-refractivity contribution < 1.29 is 14.3 Å². The molecule has 27 heavy (non-hydrogen) atoms. The lowest BCUT2D eigenvalue weighted by Gasteiger charge is -2.09. The number of carbonyl (C=O) groups is 1. The van der Waals surface area contributed by atoms with Gasteiger partial charge in [-0.1, -0.05) is 28.1 Å². The van der Waals surface area contributed by atoms with Gasteiger partial charge in [0.05, 0.1) is 28.7 Å². The molecule has 0 spiro atoms. The maximum absolute atomic E-state index is 14.1. The predicted molar refractivity (Wildman–Crippen MR) is 104 cm³/mol. The largest absolute Gasteiger partial charge is 0.478 e. The van der Waals surface area contributed by atoms with Crippen LogP contribution in [0.5, 0.6) is 0 Å². The summed E-state index contributed by atoms with van der Waals surface area (Å²) in [4.78, 5) is 16.3. The topological polar surface area (TPSA) is 68.0 Å². The summed E-state index contributed by atoms with van der Waals surface area (Å²) >= 11 is 3.36. The molecule has 7 heteroatoms. The van der Waals surface area contributed by atoms with Crippen LogP contribution in [0.15, 0.2) is 59.2 Å². The molecule has 2 aromatic carbocycles. The molecule has 0 saturated heterocycles. The number of benzene rings is 2. The van der Waals surface area contributed by atoms with Crippen molar-refractivity contribution in [1.29, 1.82) is 0 Å². The molecule has 0 unspecified atom stereocenters. The number of pyridine rings is 1. The van der Waals surface area contributed by atoms with E-state index in [9.17, 15) is 14.3 Å². The Morgan fingerprint density at radius 2 is 1.96 bits per heavy atom. The molecule has 1 N–H and O–H groups in total. The van der Waals surface area contributed by atoms with E-state index in [1.54, 1.807) is 49.5 Å². The first-order valence-electron chi connectivity index (χ1n) is 8.09. The Morgan fingerprint density at radius 1 is 1.19 bits per heavy atom. The Bertz CT molecular complexity index is 1200.